The van der Waals surface area contributed by atoms with Crippen molar-refractivity contribution in [2.24, 2.45) is 0 Å². The smallest absolute Gasteiger partial charge is 0.343 e. The lowest BCUT2D eigenvalue weighted by molar-refractivity contribution is 0.0590. The highest BCUT2D eigenvalue weighted by Gasteiger charge is 2.20. The van der Waals surface area contributed by atoms with Crippen molar-refractivity contribution in [2.75, 3.05) is 12.4 Å². The number of amides is 1. The van der Waals surface area contributed by atoms with E-state index < -0.39 is 29.1 Å². The van der Waals surface area contributed by atoms with Gasteiger partial charge in [0.2, 0.25) is 0 Å². The summed E-state index contributed by atoms with van der Waals surface area (Å²) in [5.41, 5.74) is -0.898. The maximum absolute atomic E-state index is 13.8. The first kappa shape index (κ1) is 17.2. The van der Waals surface area contributed by atoms with Crippen LogP contribution in [0.15, 0.2) is 30.3 Å². The number of ether oxygens (including phenoxy) is 1. The number of hydrogen-bond donors (Lipinski definition) is 1. The molecule has 0 fully saturated rings. The Morgan fingerprint density at radius 3 is 2.00 bits per heavy atom. The van der Waals surface area contributed by atoms with Gasteiger partial charge in [-0.25, -0.2) is 13.6 Å². The van der Waals surface area contributed by atoms with Crippen LogP contribution in [0.2, 0.25) is 10.0 Å². The van der Waals surface area contributed by atoms with Crippen LogP contribution in [0.3, 0.4) is 0 Å². The third-order valence-electron chi connectivity index (χ3n) is 2.81. The highest BCUT2D eigenvalue weighted by atomic mass is 35.5. The van der Waals surface area contributed by atoms with Crippen LogP contribution >= 0.6 is 23.2 Å². The monoisotopic (exact) mass is 359 g/mol. The second-order valence-electron chi connectivity index (χ2n) is 4.42. The minimum absolute atomic E-state index is 0.111. The van der Waals surface area contributed by atoms with E-state index in [-0.39, 0.29) is 21.3 Å². The Hall–Kier alpha value is -2.18. The number of hydrogen-bond acceptors (Lipinski definition) is 3. The van der Waals surface area contributed by atoms with Crippen molar-refractivity contribution in [1.82, 2.24) is 0 Å². The molecule has 1 amide bonds. The van der Waals surface area contributed by atoms with Crippen molar-refractivity contribution in [3.05, 3.63) is 63.1 Å². The van der Waals surface area contributed by atoms with Crippen molar-refractivity contribution in [3.8, 4) is 0 Å². The van der Waals surface area contributed by atoms with Crippen LogP contribution in [0.25, 0.3) is 0 Å². The van der Waals surface area contributed by atoms with E-state index in [0.29, 0.717) is 0 Å². The van der Waals surface area contributed by atoms with Gasteiger partial charge >= 0.3 is 5.97 Å². The molecule has 23 heavy (non-hydrogen) atoms. The molecule has 0 aliphatic heterocycles. The second kappa shape index (κ2) is 6.93. The average Bonchev–Trinajstić information content (AvgIpc) is 2.45. The number of nitrogens with one attached hydrogen (secondary N) is 1. The van der Waals surface area contributed by atoms with E-state index in [2.05, 4.69) is 10.1 Å². The summed E-state index contributed by atoms with van der Waals surface area (Å²) in [5.74, 6) is -4.13. The SMILES string of the molecule is COC(=O)c1c(F)cc(NC(=O)c2cc(Cl)cc(Cl)c2)cc1F. The number of carbonyl (C=O) groups is 2. The van der Waals surface area contributed by atoms with Crippen molar-refractivity contribution >= 4 is 40.8 Å². The summed E-state index contributed by atoms with van der Waals surface area (Å²) in [7, 11) is 1.000. The minimum Gasteiger partial charge on any atom is -0.465 e. The third-order valence-corrected chi connectivity index (χ3v) is 3.25. The van der Waals surface area contributed by atoms with Gasteiger partial charge in [-0.3, -0.25) is 4.79 Å². The standard InChI is InChI=1S/C15H9Cl2F2NO3/c1-23-15(22)13-11(18)5-10(6-12(13)19)20-14(21)7-2-8(16)4-9(17)3-7/h2-6H,1H3,(H,20,21). The highest BCUT2D eigenvalue weighted by Crippen LogP contribution is 2.22. The Kier molecular flexibility index (Phi) is 5.18. The van der Waals surface area contributed by atoms with Crippen LogP contribution in [-0.2, 0) is 4.74 Å². The normalized spacial score (nSPS) is 10.3. The average molecular weight is 360 g/mol. The summed E-state index contributed by atoms with van der Waals surface area (Å²) in [6, 6.07) is 5.74. The van der Waals surface area contributed by atoms with Crippen LogP contribution in [0.5, 0.6) is 0 Å². The topological polar surface area (TPSA) is 55.4 Å². The Balaban J connectivity index is 2.30. The van der Waals surface area contributed by atoms with E-state index in [0.717, 1.165) is 19.2 Å². The molecule has 0 aromatic heterocycles. The summed E-state index contributed by atoms with van der Waals surface area (Å²) >= 11 is 11.6. The molecule has 0 atom stereocenters. The van der Waals surface area contributed by atoms with Gasteiger partial charge in [-0.2, -0.15) is 0 Å². The van der Waals surface area contributed by atoms with Crippen LogP contribution in [0.1, 0.15) is 20.7 Å². The fourth-order valence-corrected chi connectivity index (χ4v) is 2.36. The molecule has 0 bridgehead atoms. The van der Waals surface area contributed by atoms with Gasteiger partial charge in [0, 0.05) is 21.3 Å². The molecule has 2 aromatic rings. The molecule has 2 rings (SSSR count). The number of anilines is 1. The molecule has 0 aliphatic rings. The molecular formula is C15H9Cl2F2NO3. The van der Waals surface area contributed by atoms with E-state index in [1.807, 2.05) is 0 Å². The zero-order chi connectivity index (χ0) is 17.1. The summed E-state index contributed by atoms with van der Waals surface area (Å²) in [6.45, 7) is 0. The molecule has 0 saturated heterocycles. The van der Waals surface area contributed by atoms with E-state index in [1.165, 1.54) is 18.2 Å². The molecule has 0 saturated carbocycles. The molecule has 8 heteroatoms. The Morgan fingerprint density at radius 1 is 1.00 bits per heavy atom. The zero-order valence-electron chi connectivity index (χ0n) is 11.6. The number of esters is 1. The fourth-order valence-electron chi connectivity index (χ4n) is 1.83. The van der Waals surface area contributed by atoms with Gasteiger partial charge in [0.15, 0.2) is 0 Å². The zero-order valence-corrected chi connectivity index (χ0v) is 13.1. The maximum atomic E-state index is 13.8. The molecule has 120 valence electrons. The molecule has 4 nitrogen and oxygen atoms in total. The van der Waals surface area contributed by atoms with Crippen LogP contribution < -0.4 is 5.32 Å². The first-order chi connectivity index (χ1) is 10.8. The Bertz CT molecular complexity index is 753. The first-order valence-corrected chi connectivity index (χ1v) is 6.92. The molecule has 0 unspecified atom stereocenters. The van der Waals surface area contributed by atoms with Crippen molar-refractivity contribution < 1.29 is 23.1 Å². The van der Waals surface area contributed by atoms with Crippen LogP contribution in [-0.4, -0.2) is 19.0 Å². The predicted molar refractivity (Wildman–Crippen MR) is 82.1 cm³/mol. The number of halogens is 4. The molecule has 0 spiro atoms. The lowest BCUT2D eigenvalue weighted by Crippen LogP contribution is -2.14. The lowest BCUT2D eigenvalue weighted by Gasteiger charge is -2.09. The first-order valence-electron chi connectivity index (χ1n) is 6.16. The fraction of sp³-hybridized carbons (Fsp3) is 0.0667. The molecule has 0 heterocycles. The largest absolute Gasteiger partial charge is 0.465 e. The Labute approximate surface area is 140 Å². The van der Waals surface area contributed by atoms with E-state index >= 15 is 0 Å². The lowest BCUT2D eigenvalue weighted by atomic mass is 10.1. The number of carbonyl (C=O) groups excluding carboxylic acids is 2. The van der Waals surface area contributed by atoms with Crippen LogP contribution in [0.4, 0.5) is 14.5 Å². The van der Waals surface area contributed by atoms with E-state index in [1.54, 1.807) is 0 Å². The summed E-state index contributed by atoms with van der Waals surface area (Å²) in [5, 5.41) is 2.76. The third kappa shape index (κ3) is 3.97. The highest BCUT2D eigenvalue weighted by molar-refractivity contribution is 6.35. The summed E-state index contributed by atoms with van der Waals surface area (Å²) < 4.78 is 31.9. The number of rotatable bonds is 3. The number of methoxy groups -OCH3 is 1. The van der Waals surface area contributed by atoms with Crippen molar-refractivity contribution in [2.45, 2.75) is 0 Å². The van der Waals surface area contributed by atoms with Gasteiger partial charge < -0.3 is 10.1 Å². The predicted octanol–water partition coefficient (Wildman–Crippen LogP) is 4.31. The summed E-state index contributed by atoms with van der Waals surface area (Å²) in [4.78, 5) is 23.3. The maximum Gasteiger partial charge on any atom is 0.343 e. The van der Waals surface area contributed by atoms with E-state index in [4.69, 9.17) is 23.2 Å². The molecule has 1 N–H and O–H groups in total. The van der Waals surface area contributed by atoms with Gasteiger partial charge in [-0.1, -0.05) is 23.2 Å². The van der Waals surface area contributed by atoms with Gasteiger partial charge in [-0.15, -0.1) is 0 Å². The molecule has 0 aliphatic carbocycles. The molecular weight excluding hydrogens is 351 g/mol. The Morgan fingerprint density at radius 2 is 1.52 bits per heavy atom. The van der Waals surface area contributed by atoms with Crippen molar-refractivity contribution in [3.63, 3.8) is 0 Å². The van der Waals surface area contributed by atoms with Gasteiger partial charge in [0.1, 0.15) is 17.2 Å². The summed E-state index contributed by atoms with van der Waals surface area (Å²) in [6.07, 6.45) is 0. The van der Waals surface area contributed by atoms with Gasteiger partial charge in [0.05, 0.1) is 7.11 Å². The van der Waals surface area contributed by atoms with Gasteiger partial charge in [0.25, 0.3) is 5.91 Å². The quantitative estimate of drug-likeness (QED) is 0.830. The van der Waals surface area contributed by atoms with Crippen LogP contribution in [0, 0.1) is 11.6 Å². The van der Waals surface area contributed by atoms with Crippen molar-refractivity contribution in [1.29, 1.82) is 0 Å². The number of benzene rings is 2. The van der Waals surface area contributed by atoms with Gasteiger partial charge in [-0.05, 0) is 30.3 Å². The van der Waals surface area contributed by atoms with E-state index in [9.17, 15) is 18.4 Å². The molecule has 2 aromatic carbocycles. The molecule has 0 radical (unpaired) electrons. The minimum atomic E-state index is -1.16. The second-order valence-corrected chi connectivity index (χ2v) is 5.29.